The average molecular weight is 366 g/mol. The molecule has 2 N–H and O–H groups in total. The van der Waals surface area contributed by atoms with Crippen molar-refractivity contribution < 1.29 is 23.8 Å². The number of phenolic OH excluding ortho intramolecular Hbond substituents is 1. The maximum absolute atomic E-state index is 14.4. The summed E-state index contributed by atoms with van der Waals surface area (Å²) in [5.41, 5.74) is 0.752. The molecule has 0 saturated heterocycles. The monoisotopic (exact) mass is 366 g/mol. The van der Waals surface area contributed by atoms with E-state index < -0.39 is 23.4 Å². The van der Waals surface area contributed by atoms with Gasteiger partial charge in [0, 0.05) is 11.8 Å². The lowest BCUT2D eigenvalue weighted by atomic mass is 10.1. The number of pyridine rings is 1. The van der Waals surface area contributed by atoms with Gasteiger partial charge in [-0.15, -0.1) is 0 Å². The number of carbonyl (C=O) groups excluding carboxylic acids is 2. The molecule has 3 aromatic rings. The summed E-state index contributed by atoms with van der Waals surface area (Å²) in [6.45, 7) is 0. The fraction of sp³-hybridized carbons (Fsp3) is 0.0500. The summed E-state index contributed by atoms with van der Waals surface area (Å²) in [5.74, 6) is -2.71. The quantitative estimate of drug-likeness (QED) is 0.544. The van der Waals surface area contributed by atoms with Crippen LogP contribution in [0.3, 0.4) is 0 Å². The number of hydrogen-bond donors (Lipinski definition) is 2. The largest absolute Gasteiger partial charge is 0.505 e. The molecule has 0 aliphatic heterocycles. The number of rotatable bonds is 4. The van der Waals surface area contributed by atoms with Crippen LogP contribution in [0.25, 0.3) is 11.3 Å². The number of amides is 1. The van der Waals surface area contributed by atoms with Gasteiger partial charge in [-0.05, 0) is 36.4 Å². The van der Waals surface area contributed by atoms with Gasteiger partial charge in [0.25, 0.3) is 5.91 Å². The van der Waals surface area contributed by atoms with Gasteiger partial charge in [0.15, 0.2) is 5.75 Å². The number of anilines is 1. The topological polar surface area (TPSA) is 88.5 Å². The van der Waals surface area contributed by atoms with E-state index in [0.717, 1.165) is 0 Å². The third-order valence-corrected chi connectivity index (χ3v) is 3.86. The van der Waals surface area contributed by atoms with Crippen molar-refractivity contribution in [1.29, 1.82) is 0 Å². The molecule has 136 valence electrons. The van der Waals surface area contributed by atoms with Gasteiger partial charge in [0.2, 0.25) is 0 Å². The molecule has 2 aromatic carbocycles. The van der Waals surface area contributed by atoms with E-state index >= 15 is 0 Å². The van der Waals surface area contributed by atoms with Gasteiger partial charge in [-0.25, -0.2) is 9.18 Å². The summed E-state index contributed by atoms with van der Waals surface area (Å²) in [6, 6.07) is 13.6. The Balaban J connectivity index is 1.86. The first kappa shape index (κ1) is 18.1. The highest BCUT2D eigenvalue weighted by atomic mass is 19.1. The zero-order valence-electron chi connectivity index (χ0n) is 14.3. The van der Waals surface area contributed by atoms with Crippen molar-refractivity contribution in [2.75, 3.05) is 12.4 Å². The number of carbonyl (C=O) groups is 2. The number of nitrogens with zero attached hydrogens (tertiary/aromatic N) is 1. The number of benzene rings is 2. The van der Waals surface area contributed by atoms with Gasteiger partial charge in [0.05, 0.1) is 24.1 Å². The van der Waals surface area contributed by atoms with Crippen LogP contribution in [0, 0.1) is 5.82 Å². The van der Waals surface area contributed by atoms with E-state index in [1.165, 1.54) is 37.4 Å². The van der Waals surface area contributed by atoms with Crippen LogP contribution in [0.15, 0.2) is 60.8 Å². The van der Waals surface area contributed by atoms with Crippen molar-refractivity contribution in [2.45, 2.75) is 0 Å². The molecular weight excluding hydrogens is 351 g/mol. The molecular formula is C20H15FN2O4. The second-order valence-corrected chi connectivity index (χ2v) is 5.56. The van der Waals surface area contributed by atoms with Crippen LogP contribution in [0.1, 0.15) is 20.7 Å². The number of hydrogen-bond acceptors (Lipinski definition) is 5. The fourth-order valence-corrected chi connectivity index (χ4v) is 2.50. The normalized spacial score (nSPS) is 10.3. The van der Waals surface area contributed by atoms with Crippen LogP contribution in [-0.2, 0) is 4.74 Å². The number of phenols is 1. The minimum absolute atomic E-state index is 0.0314. The standard InChI is InChI=1S/C20H15FN2O4/c1-27-20(26)14-5-4-7-17(18(14)24)23-19(25)13-9-8-12(11-15(13)21)16-6-2-3-10-22-16/h2-11,24H,1H3,(H,23,25). The molecule has 0 radical (unpaired) electrons. The number of halogens is 1. The molecule has 6 nitrogen and oxygen atoms in total. The summed E-state index contributed by atoms with van der Waals surface area (Å²) in [4.78, 5) is 28.1. The number of para-hydroxylation sites is 1. The van der Waals surface area contributed by atoms with Crippen molar-refractivity contribution in [3.8, 4) is 17.0 Å². The van der Waals surface area contributed by atoms with Gasteiger partial charge in [-0.3, -0.25) is 9.78 Å². The second kappa shape index (κ2) is 7.65. The Labute approximate surface area is 154 Å². The first-order valence-corrected chi connectivity index (χ1v) is 7.94. The summed E-state index contributed by atoms with van der Waals surface area (Å²) in [6.07, 6.45) is 1.59. The Hall–Kier alpha value is -3.74. The molecule has 3 rings (SSSR count). The minimum atomic E-state index is -0.766. The maximum atomic E-state index is 14.4. The van der Waals surface area contributed by atoms with Crippen molar-refractivity contribution in [1.82, 2.24) is 4.98 Å². The lowest BCUT2D eigenvalue weighted by Gasteiger charge is -2.11. The first-order valence-electron chi connectivity index (χ1n) is 7.94. The van der Waals surface area contributed by atoms with Gasteiger partial charge in [0.1, 0.15) is 11.4 Å². The number of nitrogens with one attached hydrogen (secondary N) is 1. The van der Waals surface area contributed by atoms with Crippen LogP contribution >= 0.6 is 0 Å². The zero-order chi connectivity index (χ0) is 19.4. The SMILES string of the molecule is COC(=O)c1cccc(NC(=O)c2ccc(-c3ccccn3)cc2F)c1O. The first-order chi connectivity index (χ1) is 13.0. The smallest absolute Gasteiger partial charge is 0.341 e. The predicted molar refractivity (Wildman–Crippen MR) is 97.0 cm³/mol. The molecule has 0 spiro atoms. The highest BCUT2D eigenvalue weighted by Gasteiger charge is 2.18. The molecule has 27 heavy (non-hydrogen) atoms. The summed E-state index contributed by atoms with van der Waals surface area (Å²) >= 11 is 0. The van der Waals surface area contributed by atoms with Gasteiger partial charge < -0.3 is 15.2 Å². The molecule has 1 heterocycles. The molecule has 0 fully saturated rings. The van der Waals surface area contributed by atoms with Crippen LogP contribution in [0.5, 0.6) is 5.75 Å². The van der Waals surface area contributed by atoms with E-state index in [2.05, 4.69) is 15.0 Å². The Kier molecular flexibility index (Phi) is 5.12. The number of aromatic hydroxyl groups is 1. The van der Waals surface area contributed by atoms with Crippen molar-refractivity contribution in [3.63, 3.8) is 0 Å². The van der Waals surface area contributed by atoms with Crippen LogP contribution in [-0.4, -0.2) is 29.1 Å². The van der Waals surface area contributed by atoms with Crippen molar-refractivity contribution in [3.05, 3.63) is 77.7 Å². The predicted octanol–water partition coefficient (Wildman–Crippen LogP) is 3.63. The van der Waals surface area contributed by atoms with E-state index in [4.69, 9.17) is 0 Å². The highest BCUT2D eigenvalue weighted by Crippen LogP contribution is 2.29. The number of esters is 1. The number of aromatic nitrogens is 1. The van der Waals surface area contributed by atoms with E-state index in [-0.39, 0.29) is 16.8 Å². The second-order valence-electron chi connectivity index (χ2n) is 5.56. The number of ether oxygens (including phenoxy) is 1. The highest BCUT2D eigenvalue weighted by molar-refractivity contribution is 6.06. The van der Waals surface area contributed by atoms with Crippen LogP contribution in [0.2, 0.25) is 0 Å². The minimum Gasteiger partial charge on any atom is -0.505 e. The molecule has 0 bridgehead atoms. The molecule has 0 aliphatic carbocycles. The van der Waals surface area contributed by atoms with Crippen molar-refractivity contribution >= 4 is 17.6 Å². The van der Waals surface area contributed by atoms with E-state index in [1.54, 1.807) is 30.5 Å². The lowest BCUT2D eigenvalue weighted by Crippen LogP contribution is -2.14. The molecule has 0 unspecified atom stereocenters. The van der Waals surface area contributed by atoms with E-state index in [0.29, 0.717) is 11.3 Å². The molecule has 7 heteroatoms. The van der Waals surface area contributed by atoms with Crippen LogP contribution < -0.4 is 5.32 Å². The summed E-state index contributed by atoms with van der Waals surface area (Å²) in [7, 11) is 1.17. The Morgan fingerprint density at radius 3 is 2.56 bits per heavy atom. The van der Waals surface area contributed by atoms with Gasteiger partial charge >= 0.3 is 5.97 Å². The molecule has 1 amide bonds. The third-order valence-electron chi connectivity index (χ3n) is 3.86. The zero-order valence-corrected chi connectivity index (χ0v) is 14.3. The fourth-order valence-electron chi connectivity index (χ4n) is 2.50. The van der Waals surface area contributed by atoms with E-state index in [9.17, 15) is 19.1 Å². The van der Waals surface area contributed by atoms with E-state index in [1.807, 2.05) is 0 Å². The Morgan fingerprint density at radius 1 is 1.07 bits per heavy atom. The van der Waals surface area contributed by atoms with Crippen molar-refractivity contribution in [2.24, 2.45) is 0 Å². The van der Waals surface area contributed by atoms with Crippen LogP contribution in [0.4, 0.5) is 10.1 Å². The van der Waals surface area contributed by atoms with Gasteiger partial charge in [-0.1, -0.05) is 18.2 Å². The summed E-state index contributed by atoms with van der Waals surface area (Å²) < 4.78 is 19.0. The molecule has 1 aromatic heterocycles. The number of methoxy groups -OCH3 is 1. The van der Waals surface area contributed by atoms with Gasteiger partial charge in [-0.2, -0.15) is 0 Å². The molecule has 0 aliphatic rings. The average Bonchev–Trinajstić information content (AvgIpc) is 2.69. The maximum Gasteiger partial charge on any atom is 0.341 e. The Morgan fingerprint density at radius 2 is 1.89 bits per heavy atom. The lowest BCUT2D eigenvalue weighted by molar-refractivity contribution is 0.0597. The Bertz CT molecular complexity index is 1010. The summed E-state index contributed by atoms with van der Waals surface area (Å²) in [5, 5.41) is 12.5. The third kappa shape index (κ3) is 3.77. The molecule has 0 atom stereocenters. The molecule has 0 saturated carbocycles.